The van der Waals surface area contributed by atoms with Gasteiger partial charge in [0.25, 0.3) is 0 Å². The molecule has 1 aromatic rings. The van der Waals surface area contributed by atoms with E-state index < -0.39 is 5.97 Å². The van der Waals surface area contributed by atoms with Crippen molar-refractivity contribution in [1.29, 1.82) is 5.26 Å². The molecule has 0 aromatic heterocycles. The van der Waals surface area contributed by atoms with Crippen LogP contribution >= 0.6 is 11.6 Å². The topological polar surface area (TPSA) is 70.3 Å². The van der Waals surface area contributed by atoms with Gasteiger partial charge >= 0.3 is 5.97 Å². The predicted molar refractivity (Wildman–Crippen MR) is 54.2 cm³/mol. The van der Waals surface area contributed by atoms with Crippen LogP contribution < -0.4 is 4.74 Å². The van der Waals surface area contributed by atoms with Gasteiger partial charge in [-0.1, -0.05) is 0 Å². The van der Waals surface area contributed by atoms with Crippen LogP contribution in [-0.4, -0.2) is 18.2 Å². The molecule has 0 radical (unpaired) electrons. The van der Waals surface area contributed by atoms with E-state index in [1.807, 2.05) is 6.07 Å². The van der Waals surface area contributed by atoms with Crippen LogP contribution in [0.5, 0.6) is 5.75 Å². The van der Waals surface area contributed by atoms with E-state index in [1.165, 1.54) is 19.2 Å². The van der Waals surface area contributed by atoms with Crippen molar-refractivity contribution < 1.29 is 14.6 Å². The minimum Gasteiger partial charge on any atom is -0.495 e. The third-order valence-electron chi connectivity index (χ3n) is 1.88. The number of aromatic carboxylic acids is 1. The maximum atomic E-state index is 10.7. The highest BCUT2D eigenvalue weighted by molar-refractivity contribution is 6.17. The summed E-state index contributed by atoms with van der Waals surface area (Å²) < 4.78 is 4.99. The van der Waals surface area contributed by atoms with Crippen LogP contribution in [0.2, 0.25) is 0 Å². The minimum absolute atomic E-state index is 0.0306. The lowest BCUT2D eigenvalue weighted by atomic mass is 10.1. The SMILES string of the molecule is COc1c(C#N)cc(C(=O)O)cc1CCl. The van der Waals surface area contributed by atoms with E-state index in [4.69, 9.17) is 26.7 Å². The number of nitriles is 1. The molecule has 0 amide bonds. The lowest BCUT2D eigenvalue weighted by Crippen LogP contribution is -2.01. The van der Waals surface area contributed by atoms with Crippen molar-refractivity contribution in [2.75, 3.05) is 7.11 Å². The summed E-state index contributed by atoms with van der Waals surface area (Å²) in [5.41, 5.74) is 0.701. The van der Waals surface area contributed by atoms with Gasteiger partial charge in [0, 0.05) is 5.56 Å². The number of rotatable bonds is 3. The molecule has 0 spiro atoms. The molecule has 5 heteroatoms. The van der Waals surface area contributed by atoms with Crippen LogP contribution in [-0.2, 0) is 5.88 Å². The molecule has 4 nitrogen and oxygen atoms in total. The van der Waals surface area contributed by atoms with Gasteiger partial charge in [-0.25, -0.2) is 4.79 Å². The number of benzene rings is 1. The highest BCUT2D eigenvalue weighted by atomic mass is 35.5. The zero-order chi connectivity index (χ0) is 11.4. The number of halogens is 1. The summed E-state index contributed by atoms with van der Waals surface area (Å²) in [6.45, 7) is 0. The number of carboxylic acids is 1. The molecule has 0 atom stereocenters. The molecule has 0 unspecified atom stereocenters. The lowest BCUT2D eigenvalue weighted by molar-refractivity contribution is 0.0696. The van der Waals surface area contributed by atoms with Gasteiger partial charge in [0.05, 0.1) is 24.1 Å². The molecule has 0 bridgehead atoms. The Morgan fingerprint density at radius 3 is 2.73 bits per heavy atom. The second-order valence-electron chi connectivity index (χ2n) is 2.77. The minimum atomic E-state index is -1.10. The molecule has 0 aliphatic heterocycles. The van der Waals surface area contributed by atoms with E-state index in [2.05, 4.69) is 0 Å². The summed E-state index contributed by atoms with van der Waals surface area (Å²) >= 11 is 5.63. The van der Waals surface area contributed by atoms with Crippen LogP contribution in [0.15, 0.2) is 12.1 Å². The van der Waals surface area contributed by atoms with E-state index >= 15 is 0 Å². The molecule has 0 aliphatic carbocycles. The van der Waals surface area contributed by atoms with Crippen LogP contribution in [0, 0.1) is 11.3 Å². The van der Waals surface area contributed by atoms with Crippen LogP contribution in [0.4, 0.5) is 0 Å². The van der Waals surface area contributed by atoms with Gasteiger partial charge in [-0.3, -0.25) is 0 Å². The Balaban J connectivity index is 3.44. The Kier molecular flexibility index (Phi) is 3.53. The summed E-state index contributed by atoms with van der Waals surface area (Å²) in [6, 6.07) is 4.53. The van der Waals surface area contributed by atoms with Crippen LogP contribution in [0.1, 0.15) is 21.5 Å². The number of nitrogens with zero attached hydrogens (tertiary/aromatic N) is 1. The molecule has 0 aliphatic rings. The molecule has 1 rings (SSSR count). The molecule has 1 aromatic carbocycles. The van der Waals surface area contributed by atoms with Crippen molar-refractivity contribution in [3.63, 3.8) is 0 Å². The van der Waals surface area contributed by atoms with Crippen molar-refractivity contribution in [3.8, 4) is 11.8 Å². The first-order chi connectivity index (χ1) is 7.13. The van der Waals surface area contributed by atoms with Crippen molar-refractivity contribution in [2.24, 2.45) is 0 Å². The quantitative estimate of drug-likeness (QED) is 0.799. The van der Waals surface area contributed by atoms with Crippen molar-refractivity contribution in [1.82, 2.24) is 0 Å². The van der Waals surface area contributed by atoms with Gasteiger partial charge in [-0.05, 0) is 12.1 Å². The summed E-state index contributed by atoms with van der Waals surface area (Å²) in [7, 11) is 1.41. The third kappa shape index (κ3) is 2.20. The fraction of sp³-hybridized carbons (Fsp3) is 0.200. The highest BCUT2D eigenvalue weighted by Crippen LogP contribution is 2.26. The van der Waals surface area contributed by atoms with Gasteiger partial charge in [0.1, 0.15) is 11.8 Å². The van der Waals surface area contributed by atoms with E-state index in [0.717, 1.165) is 0 Å². The number of hydrogen-bond acceptors (Lipinski definition) is 3. The van der Waals surface area contributed by atoms with E-state index in [-0.39, 0.29) is 17.0 Å². The van der Waals surface area contributed by atoms with E-state index in [9.17, 15) is 4.79 Å². The normalized spacial score (nSPS) is 9.40. The molecular weight excluding hydrogens is 218 g/mol. The Morgan fingerprint density at radius 2 is 2.33 bits per heavy atom. The van der Waals surface area contributed by atoms with Gasteiger partial charge in [0.2, 0.25) is 0 Å². The first-order valence-corrected chi connectivity index (χ1v) is 4.57. The number of ether oxygens (including phenoxy) is 1. The summed E-state index contributed by atoms with van der Waals surface area (Å²) in [5, 5.41) is 17.6. The second-order valence-corrected chi connectivity index (χ2v) is 3.03. The first-order valence-electron chi connectivity index (χ1n) is 4.04. The molecular formula is C10H8ClNO3. The Morgan fingerprint density at radius 1 is 1.67 bits per heavy atom. The molecule has 0 heterocycles. The lowest BCUT2D eigenvalue weighted by Gasteiger charge is -2.08. The number of methoxy groups -OCH3 is 1. The van der Waals surface area contributed by atoms with Crippen LogP contribution in [0.3, 0.4) is 0 Å². The van der Waals surface area contributed by atoms with Crippen molar-refractivity contribution in [2.45, 2.75) is 5.88 Å². The van der Waals surface area contributed by atoms with Gasteiger partial charge < -0.3 is 9.84 Å². The Hall–Kier alpha value is -1.73. The summed E-state index contributed by atoms with van der Waals surface area (Å²) in [4.78, 5) is 10.7. The maximum absolute atomic E-state index is 10.7. The second kappa shape index (κ2) is 4.67. The standard InChI is InChI=1S/C10H8ClNO3/c1-15-9-7(4-11)2-6(10(13)14)3-8(9)5-12/h2-3H,4H2,1H3,(H,13,14). The Labute approximate surface area is 91.7 Å². The fourth-order valence-electron chi connectivity index (χ4n) is 1.24. The maximum Gasteiger partial charge on any atom is 0.335 e. The predicted octanol–water partition coefficient (Wildman–Crippen LogP) is 2.00. The summed E-state index contributed by atoms with van der Waals surface area (Å²) in [5.74, 6) is -0.670. The average Bonchev–Trinajstić information content (AvgIpc) is 2.26. The van der Waals surface area contributed by atoms with Gasteiger partial charge in [0.15, 0.2) is 0 Å². The van der Waals surface area contributed by atoms with E-state index in [0.29, 0.717) is 11.3 Å². The average molecular weight is 226 g/mol. The summed E-state index contributed by atoms with van der Waals surface area (Å²) in [6.07, 6.45) is 0. The first kappa shape index (κ1) is 11.3. The number of carbonyl (C=O) groups is 1. The van der Waals surface area contributed by atoms with E-state index in [1.54, 1.807) is 0 Å². The molecule has 0 fully saturated rings. The largest absolute Gasteiger partial charge is 0.495 e. The Bertz CT molecular complexity index is 437. The molecule has 1 N–H and O–H groups in total. The zero-order valence-corrected chi connectivity index (χ0v) is 8.71. The van der Waals surface area contributed by atoms with Crippen molar-refractivity contribution >= 4 is 17.6 Å². The monoisotopic (exact) mass is 225 g/mol. The number of carboxylic acid groups (broad SMARTS) is 1. The molecule has 15 heavy (non-hydrogen) atoms. The third-order valence-corrected chi connectivity index (χ3v) is 2.17. The smallest absolute Gasteiger partial charge is 0.335 e. The molecule has 0 saturated heterocycles. The molecule has 78 valence electrons. The highest BCUT2D eigenvalue weighted by Gasteiger charge is 2.13. The fourth-order valence-corrected chi connectivity index (χ4v) is 1.43. The number of hydrogen-bond donors (Lipinski definition) is 1. The van der Waals surface area contributed by atoms with Crippen LogP contribution in [0.25, 0.3) is 0 Å². The zero-order valence-electron chi connectivity index (χ0n) is 7.95. The van der Waals surface area contributed by atoms with Gasteiger partial charge in [-0.2, -0.15) is 5.26 Å². The number of alkyl halides is 1. The van der Waals surface area contributed by atoms with Crippen molar-refractivity contribution in [3.05, 3.63) is 28.8 Å². The van der Waals surface area contributed by atoms with Gasteiger partial charge in [-0.15, -0.1) is 11.6 Å². The molecule has 0 saturated carbocycles.